The van der Waals surface area contributed by atoms with E-state index < -0.39 is 0 Å². The first-order valence-electron chi connectivity index (χ1n) is 12.2. The third-order valence-electron chi connectivity index (χ3n) is 8.80. The molecular formula is C30H34. The number of allylic oxidation sites excluding steroid dienone is 4. The third kappa shape index (κ3) is 2.79. The molecule has 30 heavy (non-hydrogen) atoms. The maximum absolute atomic E-state index is 2.60. The van der Waals surface area contributed by atoms with E-state index in [1.165, 1.54) is 38.5 Å². The van der Waals surface area contributed by atoms with Gasteiger partial charge < -0.3 is 0 Å². The molecule has 6 rings (SSSR count). The van der Waals surface area contributed by atoms with Gasteiger partial charge in [0.15, 0.2) is 0 Å². The molecule has 0 spiro atoms. The Morgan fingerprint density at radius 2 is 1.10 bits per heavy atom. The lowest BCUT2D eigenvalue weighted by molar-refractivity contribution is 0.223. The molecule has 0 amide bonds. The second kappa shape index (κ2) is 6.98. The number of rotatable bonds is 2. The Hall–Kier alpha value is -2.08. The average molecular weight is 395 g/mol. The molecule has 2 aromatic rings. The van der Waals surface area contributed by atoms with E-state index in [1.54, 1.807) is 44.5 Å². The minimum Gasteiger partial charge on any atom is -0.0622 e. The molecule has 154 valence electrons. The molecule has 0 heterocycles. The second-order valence-electron chi connectivity index (χ2n) is 10.8. The highest BCUT2D eigenvalue weighted by atomic mass is 14.5. The molecule has 0 N–H and O–H groups in total. The number of hydrogen-bond acceptors (Lipinski definition) is 0. The van der Waals surface area contributed by atoms with Gasteiger partial charge in [0.25, 0.3) is 0 Å². The van der Waals surface area contributed by atoms with Crippen molar-refractivity contribution in [2.75, 3.05) is 0 Å². The quantitative estimate of drug-likeness (QED) is 0.489. The van der Waals surface area contributed by atoms with Gasteiger partial charge in [-0.1, -0.05) is 80.4 Å². The largest absolute Gasteiger partial charge is 0.0622 e. The summed E-state index contributed by atoms with van der Waals surface area (Å²) in [7, 11) is 0. The van der Waals surface area contributed by atoms with E-state index in [0.29, 0.717) is 0 Å². The lowest BCUT2D eigenvalue weighted by Crippen LogP contribution is -2.31. The van der Waals surface area contributed by atoms with Crippen LogP contribution in [-0.4, -0.2) is 0 Å². The van der Waals surface area contributed by atoms with Gasteiger partial charge in [0, 0.05) is 0 Å². The van der Waals surface area contributed by atoms with Crippen molar-refractivity contribution in [3.8, 4) is 0 Å². The fourth-order valence-electron chi connectivity index (χ4n) is 7.46. The zero-order valence-electron chi connectivity index (χ0n) is 18.7. The van der Waals surface area contributed by atoms with Crippen molar-refractivity contribution in [2.45, 2.75) is 59.3 Å². The maximum Gasteiger partial charge on any atom is -0.00521 e. The number of benzene rings is 2. The molecule has 4 unspecified atom stereocenters. The van der Waals surface area contributed by atoms with Crippen LogP contribution >= 0.6 is 0 Å². The summed E-state index contributed by atoms with van der Waals surface area (Å²) in [6.07, 6.45) is 7.76. The Labute approximate surface area is 182 Å². The number of hydrogen-bond donors (Lipinski definition) is 0. The summed E-state index contributed by atoms with van der Waals surface area (Å²) < 4.78 is 0. The third-order valence-corrected chi connectivity index (χ3v) is 8.80. The summed E-state index contributed by atoms with van der Waals surface area (Å²) in [6.45, 7) is 7.58. The Morgan fingerprint density at radius 1 is 0.667 bits per heavy atom. The van der Waals surface area contributed by atoms with Crippen LogP contribution in [0.3, 0.4) is 0 Å². The predicted molar refractivity (Wildman–Crippen MR) is 127 cm³/mol. The molecule has 0 nitrogen and oxygen atoms in total. The van der Waals surface area contributed by atoms with Gasteiger partial charge in [0.2, 0.25) is 0 Å². The van der Waals surface area contributed by atoms with Gasteiger partial charge in [-0.2, -0.15) is 0 Å². The first-order chi connectivity index (χ1) is 14.6. The molecule has 0 radical (unpaired) electrons. The van der Waals surface area contributed by atoms with E-state index >= 15 is 0 Å². The molecule has 0 bridgehead atoms. The Bertz CT molecular complexity index is 979. The van der Waals surface area contributed by atoms with Crippen molar-refractivity contribution in [2.24, 2.45) is 29.6 Å². The summed E-state index contributed by atoms with van der Waals surface area (Å²) in [5, 5.41) is 0. The fraction of sp³-hybridized carbons (Fsp3) is 0.467. The van der Waals surface area contributed by atoms with Crippen LogP contribution < -0.4 is 0 Å². The van der Waals surface area contributed by atoms with Crippen molar-refractivity contribution in [1.82, 2.24) is 0 Å². The summed E-state index contributed by atoms with van der Waals surface area (Å²) in [6, 6.07) is 18.4. The topological polar surface area (TPSA) is 0 Å². The van der Waals surface area contributed by atoms with Crippen LogP contribution in [0.4, 0.5) is 0 Å². The van der Waals surface area contributed by atoms with Crippen molar-refractivity contribution < 1.29 is 0 Å². The smallest absolute Gasteiger partial charge is 0.00521 e. The Morgan fingerprint density at radius 3 is 1.57 bits per heavy atom. The van der Waals surface area contributed by atoms with E-state index in [2.05, 4.69) is 69.3 Å². The lowest BCUT2D eigenvalue weighted by atomic mass is 9.64. The molecule has 0 saturated carbocycles. The highest BCUT2D eigenvalue weighted by Gasteiger charge is 2.42. The normalized spacial score (nSPS) is 30.6. The molecule has 0 saturated heterocycles. The second-order valence-corrected chi connectivity index (χ2v) is 10.8. The minimum atomic E-state index is 0.745. The van der Waals surface area contributed by atoms with E-state index in [1.807, 2.05) is 0 Å². The van der Waals surface area contributed by atoms with Gasteiger partial charge in [-0.3, -0.25) is 0 Å². The summed E-state index contributed by atoms with van der Waals surface area (Å²) in [5.41, 5.74) is 13.3. The Balaban J connectivity index is 1.38. The van der Waals surface area contributed by atoms with Crippen molar-refractivity contribution in [3.63, 3.8) is 0 Å². The highest BCUT2D eigenvalue weighted by Crippen LogP contribution is 2.54. The fourth-order valence-corrected chi connectivity index (χ4v) is 7.46. The Kier molecular flexibility index (Phi) is 4.34. The van der Waals surface area contributed by atoms with E-state index in [4.69, 9.17) is 0 Å². The molecule has 4 aliphatic rings. The maximum atomic E-state index is 2.60. The number of fused-ring (bicyclic) bond motifs is 4. The molecular weight excluding hydrogens is 360 g/mol. The van der Waals surface area contributed by atoms with Gasteiger partial charge in [0.1, 0.15) is 0 Å². The standard InChI is InChI=1S/C30H34/c1-18-12-25(29-16-21-8-4-6-10-23(21)27(29)14-18)20(3)26-13-19(2)15-28-24-11-7-5-9-22(24)17-30(26)28/h4-11,18-20,25-26H,12-17H2,1-3H3. The summed E-state index contributed by atoms with van der Waals surface area (Å²) in [5.74, 6) is 3.86. The summed E-state index contributed by atoms with van der Waals surface area (Å²) >= 11 is 0. The summed E-state index contributed by atoms with van der Waals surface area (Å²) in [4.78, 5) is 0. The molecule has 0 fully saturated rings. The van der Waals surface area contributed by atoms with Gasteiger partial charge >= 0.3 is 0 Å². The van der Waals surface area contributed by atoms with Crippen LogP contribution in [0.15, 0.2) is 59.7 Å². The van der Waals surface area contributed by atoms with Crippen LogP contribution in [0, 0.1) is 29.6 Å². The zero-order valence-corrected chi connectivity index (χ0v) is 18.7. The van der Waals surface area contributed by atoms with Crippen molar-refractivity contribution >= 4 is 11.1 Å². The first-order valence-corrected chi connectivity index (χ1v) is 12.2. The molecule has 0 heteroatoms. The van der Waals surface area contributed by atoms with Gasteiger partial charge in [0.05, 0.1) is 0 Å². The van der Waals surface area contributed by atoms with Crippen LogP contribution in [0.5, 0.6) is 0 Å². The SMILES string of the molecule is CC1CC2=C(Cc3ccccc32)C(C(C)C2CC(C)CC3=C2Cc2ccccc23)C1. The van der Waals surface area contributed by atoms with Crippen LogP contribution in [0.1, 0.15) is 68.7 Å². The minimum absolute atomic E-state index is 0.745. The van der Waals surface area contributed by atoms with Crippen LogP contribution in [0.2, 0.25) is 0 Å². The molecule has 4 atom stereocenters. The monoisotopic (exact) mass is 394 g/mol. The van der Waals surface area contributed by atoms with Gasteiger partial charge in [-0.05, 0) is 102 Å². The lowest BCUT2D eigenvalue weighted by Gasteiger charge is -2.41. The van der Waals surface area contributed by atoms with Crippen molar-refractivity contribution in [3.05, 3.63) is 81.9 Å². The molecule has 4 aliphatic carbocycles. The van der Waals surface area contributed by atoms with Gasteiger partial charge in [-0.15, -0.1) is 0 Å². The predicted octanol–water partition coefficient (Wildman–Crippen LogP) is 7.73. The molecule has 0 aromatic heterocycles. The van der Waals surface area contributed by atoms with Gasteiger partial charge in [-0.25, -0.2) is 0 Å². The first kappa shape index (κ1) is 18.7. The highest BCUT2D eigenvalue weighted by molar-refractivity contribution is 5.79. The van der Waals surface area contributed by atoms with E-state index in [9.17, 15) is 0 Å². The van der Waals surface area contributed by atoms with Crippen LogP contribution in [0.25, 0.3) is 11.1 Å². The van der Waals surface area contributed by atoms with E-state index in [-0.39, 0.29) is 0 Å². The zero-order chi connectivity index (χ0) is 20.4. The average Bonchev–Trinajstić information content (AvgIpc) is 3.31. The van der Waals surface area contributed by atoms with Crippen molar-refractivity contribution in [1.29, 1.82) is 0 Å². The van der Waals surface area contributed by atoms with Crippen LogP contribution in [-0.2, 0) is 12.8 Å². The molecule has 2 aromatic carbocycles. The molecule has 0 aliphatic heterocycles. The van der Waals surface area contributed by atoms with E-state index in [0.717, 1.165) is 29.6 Å².